The van der Waals surface area contributed by atoms with E-state index >= 15 is 0 Å². The molecule has 0 spiro atoms. The lowest BCUT2D eigenvalue weighted by atomic mass is 9.34. The van der Waals surface area contributed by atoms with Crippen LogP contribution in [0.3, 0.4) is 0 Å². The molecule has 0 radical (unpaired) electrons. The number of rotatable bonds is 4. The second-order valence-electron chi connectivity index (χ2n) is 14.3. The number of carbonyl (C=O) groups is 3. The maximum absolute atomic E-state index is 13.5. The summed E-state index contributed by atoms with van der Waals surface area (Å²) in [5.74, 6) is -0.0131. The second kappa shape index (κ2) is 8.94. The maximum atomic E-state index is 13.5. The number of hydrogen-bond donors (Lipinski definition) is 3. The van der Waals surface area contributed by atoms with E-state index in [4.69, 9.17) is 0 Å². The zero-order valence-electron chi connectivity index (χ0n) is 24.8. The van der Waals surface area contributed by atoms with Gasteiger partial charge in [-0.1, -0.05) is 52.3 Å². The van der Waals surface area contributed by atoms with E-state index in [1.807, 2.05) is 6.92 Å². The first-order chi connectivity index (χ1) is 18.1. The molecule has 0 heterocycles. The van der Waals surface area contributed by atoms with Crippen molar-refractivity contribution >= 4 is 17.6 Å². The SMILES string of the molecule is CC(=O)NCCNC(=O)[C@]1(C)CC[C@]2(C)CC[C@]3(C)C4=CC=C5C(=CC(=O)C(O)=C5C)[C@]4(C)CC[C@@]3(C)[C@@H]2C1. The molecule has 39 heavy (non-hydrogen) atoms. The minimum Gasteiger partial charge on any atom is -0.504 e. The predicted molar refractivity (Wildman–Crippen MR) is 153 cm³/mol. The van der Waals surface area contributed by atoms with E-state index in [9.17, 15) is 19.5 Å². The summed E-state index contributed by atoms with van der Waals surface area (Å²) in [6, 6.07) is 0. The number of aliphatic hydroxyl groups excluding tert-OH is 1. The van der Waals surface area contributed by atoms with Gasteiger partial charge in [-0.3, -0.25) is 14.4 Å². The minimum absolute atomic E-state index is 0.0150. The molecule has 0 aromatic rings. The average molecular weight is 535 g/mol. The Morgan fingerprint density at radius 2 is 1.62 bits per heavy atom. The summed E-state index contributed by atoms with van der Waals surface area (Å²) in [7, 11) is 0. The second-order valence-corrected chi connectivity index (χ2v) is 14.3. The van der Waals surface area contributed by atoms with Gasteiger partial charge in [-0.25, -0.2) is 0 Å². The molecule has 0 saturated heterocycles. The van der Waals surface area contributed by atoms with Gasteiger partial charge in [0.2, 0.25) is 17.6 Å². The fraction of sp³-hybridized carbons (Fsp3) is 0.667. The average Bonchev–Trinajstić information content (AvgIpc) is 2.88. The summed E-state index contributed by atoms with van der Waals surface area (Å²) in [4.78, 5) is 37.4. The highest BCUT2D eigenvalue weighted by Gasteiger charge is 2.67. The molecule has 6 heteroatoms. The quantitative estimate of drug-likeness (QED) is 0.393. The van der Waals surface area contributed by atoms with Gasteiger partial charge in [0.15, 0.2) is 5.76 Å². The minimum atomic E-state index is -0.436. The highest BCUT2D eigenvalue weighted by molar-refractivity contribution is 6.06. The lowest BCUT2D eigenvalue weighted by Gasteiger charge is -2.70. The highest BCUT2D eigenvalue weighted by Crippen LogP contribution is 2.75. The van der Waals surface area contributed by atoms with Crippen LogP contribution in [-0.2, 0) is 14.4 Å². The van der Waals surface area contributed by atoms with Gasteiger partial charge in [0.25, 0.3) is 0 Å². The molecule has 6 atom stereocenters. The first kappa shape index (κ1) is 27.9. The number of nitrogens with one attached hydrogen (secondary N) is 2. The number of ketones is 1. The summed E-state index contributed by atoms with van der Waals surface area (Å²) in [6.45, 7) is 16.0. The van der Waals surface area contributed by atoms with Crippen molar-refractivity contribution in [2.75, 3.05) is 13.1 Å². The fourth-order valence-electron chi connectivity index (χ4n) is 9.29. The van der Waals surface area contributed by atoms with E-state index in [0.29, 0.717) is 24.6 Å². The normalized spacial score (nSPS) is 41.2. The van der Waals surface area contributed by atoms with Crippen molar-refractivity contribution in [1.82, 2.24) is 10.6 Å². The van der Waals surface area contributed by atoms with Crippen LogP contribution >= 0.6 is 0 Å². The standard InChI is InChI=1S/C33H46N2O4/c1-20-22-8-9-25-31(5,23(22)18-24(37)27(20)38)13-15-33(7)26-19-30(4,28(39)35-17-16-34-21(2)36)11-10-29(26,3)12-14-32(25,33)6/h8-9,18,26,38H,10-17,19H2,1-7H3,(H,34,36)(H,35,39)/t26-,29-,30-,31+,32-,33+/m1/s1. The molecule has 0 aliphatic heterocycles. The molecular weight excluding hydrogens is 488 g/mol. The first-order valence-corrected chi connectivity index (χ1v) is 14.7. The van der Waals surface area contributed by atoms with E-state index in [1.54, 1.807) is 6.08 Å². The molecule has 5 rings (SSSR count). The van der Waals surface area contributed by atoms with E-state index in [0.717, 1.165) is 56.1 Å². The lowest BCUT2D eigenvalue weighted by Crippen LogP contribution is -2.62. The number of amides is 2. The number of carbonyl (C=O) groups excluding carboxylic acids is 3. The molecule has 3 N–H and O–H groups in total. The monoisotopic (exact) mass is 534 g/mol. The van der Waals surface area contributed by atoms with Gasteiger partial charge in [-0.05, 0) is 91.3 Å². The van der Waals surface area contributed by atoms with Crippen LogP contribution < -0.4 is 10.6 Å². The molecule has 0 unspecified atom stereocenters. The Bertz CT molecular complexity index is 1270. The van der Waals surface area contributed by atoms with Crippen LogP contribution in [0.4, 0.5) is 0 Å². The van der Waals surface area contributed by atoms with Crippen LogP contribution in [0.2, 0.25) is 0 Å². The Kier molecular flexibility index (Phi) is 6.40. The number of allylic oxidation sites excluding steroid dienone is 7. The largest absolute Gasteiger partial charge is 0.504 e. The predicted octanol–water partition coefficient (Wildman–Crippen LogP) is 5.87. The summed E-state index contributed by atoms with van der Waals surface area (Å²) >= 11 is 0. The van der Waals surface area contributed by atoms with Crippen molar-refractivity contribution in [3.63, 3.8) is 0 Å². The molecule has 0 aromatic heterocycles. The van der Waals surface area contributed by atoms with Crippen molar-refractivity contribution in [2.45, 2.75) is 93.4 Å². The third-order valence-electron chi connectivity index (χ3n) is 12.2. The van der Waals surface area contributed by atoms with Crippen LogP contribution in [0.15, 0.2) is 46.3 Å². The third kappa shape index (κ3) is 3.91. The molecule has 3 fully saturated rings. The van der Waals surface area contributed by atoms with E-state index in [1.165, 1.54) is 12.5 Å². The van der Waals surface area contributed by atoms with Gasteiger partial charge >= 0.3 is 0 Å². The number of fused-ring (bicyclic) bond motifs is 7. The Morgan fingerprint density at radius 3 is 2.31 bits per heavy atom. The Hall–Kier alpha value is -2.63. The maximum Gasteiger partial charge on any atom is 0.226 e. The van der Waals surface area contributed by atoms with Crippen molar-refractivity contribution < 1.29 is 19.5 Å². The first-order valence-electron chi connectivity index (χ1n) is 14.7. The number of hydrogen-bond acceptors (Lipinski definition) is 4. The van der Waals surface area contributed by atoms with Crippen molar-refractivity contribution in [2.24, 2.45) is 33.0 Å². The van der Waals surface area contributed by atoms with Gasteiger partial charge in [0.1, 0.15) is 0 Å². The van der Waals surface area contributed by atoms with Gasteiger partial charge in [-0.15, -0.1) is 0 Å². The third-order valence-corrected chi connectivity index (χ3v) is 12.2. The van der Waals surface area contributed by atoms with Gasteiger partial charge in [0, 0.05) is 36.4 Å². The Labute approximate surface area is 233 Å². The van der Waals surface area contributed by atoms with Crippen LogP contribution in [-0.4, -0.2) is 35.8 Å². The van der Waals surface area contributed by atoms with Gasteiger partial charge in [-0.2, -0.15) is 0 Å². The van der Waals surface area contributed by atoms with Gasteiger partial charge < -0.3 is 15.7 Å². The summed E-state index contributed by atoms with van der Waals surface area (Å²) in [6.07, 6.45) is 13.1. The number of aliphatic hydroxyl groups is 1. The van der Waals surface area contributed by atoms with Crippen LogP contribution in [0, 0.1) is 33.0 Å². The van der Waals surface area contributed by atoms with E-state index in [2.05, 4.69) is 57.4 Å². The topological polar surface area (TPSA) is 95.5 Å². The van der Waals surface area contributed by atoms with Crippen LogP contribution in [0.25, 0.3) is 0 Å². The zero-order chi connectivity index (χ0) is 28.6. The highest BCUT2D eigenvalue weighted by atomic mass is 16.3. The van der Waals surface area contributed by atoms with Crippen LogP contribution in [0.1, 0.15) is 93.4 Å². The van der Waals surface area contributed by atoms with Crippen molar-refractivity contribution in [1.29, 1.82) is 0 Å². The van der Waals surface area contributed by atoms with Crippen molar-refractivity contribution in [3.8, 4) is 0 Å². The van der Waals surface area contributed by atoms with E-state index in [-0.39, 0.29) is 45.0 Å². The molecule has 212 valence electrons. The molecule has 2 amide bonds. The summed E-state index contributed by atoms with van der Waals surface area (Å²) in [5.41, 5.74) is 3.60. The van der Waals surface area contributed by atoms with E-state index < -0.39 is 5.41 Å². The fourth-order valence-corrected chi connectivity index (χ4v) is 9.29. The van der Waals surface area contributed by atoms with Crippen LogP contribution in [0.5, 0.6) is 0 Å². The molecule has 5 aliphatic rings. The summed E-state index contributed by atoms with van der Waals surface area (Å²) in [5, 5.41) is 16.2. The van der Waals surface area contributed by atoms with Crippen molar-refractivity contribution in [3.05, 3.63) is 46.3 Å². The molecule has 0 aromatic carbocycles. The smallest absolute Gasteiger partial charge is 0.226 e. The molecule has 0 bridgehead atoms. The molecule has 6 nitrogen and oxygen atoms in total. The molecular formula is C33H46N2O4. The molecule has 3 saturated carbocycles. The Balaban J connectivity index is 1.48. The Morgan fingerprint density at radius 1 is 0.949 bits per heavy atom. The summed E-state index contributed by atoms with van der Waals surface area (Å²) < 4.78 is 0. The molecule has 5 aliphatic carbocycles. The lowest BCUT2D eigenvalue weighted by molar-refractivity contribution is -0.169. The van der Waals surface area contributed by atoms with Gasteiger partial charge in [0.05, 0.1) is 0 Å². The zero-order valence-corrected chi connectivity index (χ0v) is 24.8.